The lowest BCUT2D eigenvalue weighted by Gasteiger charge is -1.82. The molecule has 0 spiro atoms. The zero-order valence-corrected chi connectivity index (χ0v) is 4.97. The van der Waals surface area contributed by atoms with Crippen molar-refractivity contribution in [2.75, 3.05) is 4.61 Å². The maximum atomic E-state index is 9.26. The van der Waals surface area contributed by atoms with E-state index in [-0.39, 0.29) is 4.61 Å². The molecule has 0 rings (SSSR count). The average molecular weight is 201 g/mol. The smallest absolute Gasteiger partial charge is 0.421 e. The number of alkyl halides is 1. The molecule has 4 heteroatoms. The number of halogens is 1. The number of carbonyl (C=O) groups is 1. The maximum absolute atomic E-state index is 9.26. The summed E-state index contributed by atoms with van der Waals surface area (Å²) in [6.45, 7) is 0. The maximum Gasteiger partial charge on any atom is 0.550 e. The first-order valence-electron chi connectivity index (χ1n) is 1.17. The predicted molar refractivity (Wildman–Crippen MR) is 26.1 cm³/mol. The molecule has 0 aromatic carbocycles. The Balaban J connectivity index is 2.83. The second kappa shape index (κ2) is 3.20. The van der Waals surface area contributed by atoms with Gasteiger partial charge in [-0.05, 0) is 22.6 Å². The van der Waals surface area contributed by atoms with Crippen LogP contribution in [0, 0.1) is 0 Å². The van der Waals surface area contributed by atoms with E-state index in [1.165, 1.54) is 0 Å². The van der Waals surface area contributed by atoms with E-state index < -0.39 is 6.16 Å². The highest BCUT2D eigenvalue weighted by molar-refractivity contribution is 14.1. The average Bonchev–Trinajstić information content (AvgIpc) is 1.35. The highest BCUT2D eigenvalue weighted by Crippen LogP contribution is 1.82. The standard InChI is InChI=1S/C2H2IO3/c3-1-6-2(4)5/h1H2. The molecule has 1 radical (unpaired) electrons. The van der Waals surface area contributed by atoms with E-state index in [0.717, 1.165) is 0 Å². The fourth-order valence-corrected chi connectivity index (χ4v) is 0.299. The third kappa shape index (κ3) is 4.00. The van der Waals surface area contributed by atoms with Crippen LogP contribution in [0.4, 0.5) is 4.79 Å². The van der Waals surface area contributed by atoms with Crippen molar-refractivity contribution in [3.63, 3.8) is 0 Å². The molecule has 0 bridgehead atoms. The van der Waals surface area contributed by atoms with Crippen LogP contribution in [0.3, 0.4) is 0 Å². The summed E-state index contributed by atoms with van der Waals surface area (Å²) in [6.07, 6.45) is -1.47. The number of carbonyl (C=O) groups excluding carboxylic acids is 1. The first-order valence-corrected chi connectivity index (χ1v) is 2.69. The summed E-state index contributed by atoms with van der Waals surface area (Å²) in [5.74, 6) is 0. The van der Waals surface area contributed by atoms with Gasteiger partial charge in [0.2, 0.25) is 0 Å². The third-order valence-electron chi connectivity index (χ3n) is 0.172. The van der Waals surface area contributed by atoms with Crippen molar-refractivity contribution in [3.05, 3.63) is 0 Å². The van der Waals surface area contributed by atoms with Crippen molar-refractivity contribution in [2.45, 2.75) is 0 Å². The number of rotatable bonds is 1. The molecular weight excluding hydrogens is 199 g/mol. The van der Waals surface area contributed by atoms with Crippen LogP contribution in [-0.4, -0.2) is 10.8 Å². The minimum absolute atomic E-state index is 0.139. The second-order valence-corrected chi connectivity index (χ2v) is 1.13. The van der Waals surface area contributed by atoms with E-state index in [2.05, 4.69) is 4.74 Å². The van der Waals surface area contributed by atoms with Gasteiger partial charge in [-0.2, -0.15) is 9.90 Å². The highest BCUT2D eigenvalue weighted by atomic mass is 127. The number of hydrogen-bond donors (Lipinski definition) is 0. The van der Waals surface area contributed by atoms with Crippen LogP contribution in [-0.2, 0) is 9.84 Å². The Labute approximate surface area is 48.4 Å². The number of ether oxygens (including phenoxy) is 1. The quantitative estimate of drug-likeness (QED) is 0.360. The Kier molecular flexibility index (Phi) is 3.20. The van der Waals surface area contributed by atoms with Crippen LogP contribution in [0.5, 0.6) is 0 Å². The first kappa shape index (κ1) is 6.00. The fourth-order valence-electron chi connectivity index (χ4n) is 0.0445. The van der Waals surface area contributed by atoms with E-state index in [0.29, 0.717) is 0 Å². The largest absolute Gasteiger partial charge is 0.550 e. The molecule has 0 aliphatic carbocycles. The molecule has 0 aromatic heterocycles. The lowest BCUT2D eigenvalue weighted by atomic mass is 11.4. The molecule has 0 unspecified atom stereocenters. The summed E-state index contributed by atoms with van der Waals surface area (Å²) < 4.78 is 3.97. The van der Waals surface area contributed by atoms with Crippen molar-refractivity contribution in [3.8, 4) is 0 Å². The van der Waals surface area contributed by atoms with E-state index >= 15 is 0 Å². The van der Waals surface area contributed by atoms with Gasteiger partial charge < -0.3 is 4.74 Å². The molecule has 0 N–H and O–H groups in total. The molecular formula is C2H2IO3. The van der Waals surface area contributed by atoms with E-state index in [1.54, 1.807) is 22.6 Å². The van der Waals surface area contributed by atoms with Crippen LogP contribution in [0.25, 0.3) is 0 Å². The van der Waals surface area contributed by atoms with Gasteiger partial charge in [0.05, 0.1) is 0 Å². The molecule has 0 aromatic rings. The van der Waals surface area contributed by atoms with Crippen LogP contribution in [0.15, 0.2) is 0 Å². The second-order valence-electron chi connectivity index (χ2n) is 0.503. The molecule has 35 valence electrons. The topological polar surface area (TPSA) is 46.2 Å². The summed E-state index contributed by atoms with van der Waals surface area (Å²) in [5, 5.41) is 9.26. The fraction of sp³-hybridized carbons (Fsp3) is 0.500. The molecule has 0 heterocycles. The van der Waals surface area contributed by atoms with Crippen molar-refractivity contribution in [1.82, 2.24) is 0 Å². The van der Waals surface area contributed by atoms with Gasteiger partial charge in [-0.25, -0.2) is 0 Å². The van der Waals surface area contributed by atoms with Gasteiger partial charge in [0.25, 0.3) is 0 Å². The Bertz CT molecular complexity index is 52.8. The zero-order chi connectivity index (χ0) is 4.99. The van der Waals surface area contributed by atoms with Crippen LogP contribution in [0.1, 0.15) is 0 Å². The molecule has 0 aliphatic rings. The van der Waals surface area contributed by atoms with Gasteiger partial charge in [0, 0.05) is 0 Å². The first-order chi connectivity index (χ1) is 2.77. The molecule has 0 fully saturated rings. The predicted octanol–water partition coefficient (Wildman–Crippen LogP) is 0.946. The molecule has 0 atom stereocenters. The molecule has 0 aliphatic heterocycles. The highest BCUT2D eigenvalue weighted by Gasteiger charge is 1.91. The van der Waals surface area contributed by atoms with Crippen molar-refractivity contribution < 1.29 is 14.6 Å². The van der Waals surface area contributed by atoms with Gasteiger partial charge >= 0.3 is 6.16 Å². The van der Waals surface area contributed by atoms with Crippen LogP contribution >= 0.6 is 22.6 Å². The molecule has 6 heavy (non-hydrogen) atoms. The molecule has 0 saturated heterocycles. The minimum atomic E-state index is -1.47. The van der Waals surface area contributed by atoms with Crippen LogP contribution in [0.2, 0.25) is 0 Å². The number of hydrogen-bond acceptors (Lipinski definition) is 2. The summed E-state index contributed by atoms with van der Waals surface area (Å²) in [4.78, 5) is 9.26. The molecule has 3 nitrogen and oxygen atoms in total. The lowest BCUT2D eigenvalue weighted by Crippen LogP contribution is -1.93. The van der Waals surface area contributed by atoms with E-state index in [1.807, 2.05) is 0 Å². The van der Waals surface area contributed by atoms with Gasteiger partial charge in [-0.15, -0.1) is 0 Å². The molecule has 0 saturated carbocycles. The van der Waals surface area contributed by atoms with Gasteiger partial charge in [0.1, 0.15) is 4.61 Å². The SMILES string of the molecule is [O]C(=O)OCI. The summed E-state index contributed by atoms with van der Waals surface area (Å²) in [7, 11) is 0. The monoisotopic (exact) mass is 201 g/mol. The Hall–Kier alpha value is 0. The minimum Gasteiger partial charge on any atom is -0.421 e. The zero-order valence-electron chi connectivity index (χ0n) is 2.81. The van der Waals surface area contributed by atoms with Crippen molar-refractivity contribution in [2.24, 2.45) is 0 Å². The summed E-state index contributed by atoms with van der Waals surface area (Å²) >= 11 is 1.76. The van der Waals surface area contributed by atoms with Gasteiger partial charge in [-0.1, -0.05) is 0 Å². The lowest BCUT2D eigenvalue weighted by molar-refractivity contribution is 0.0855. The third-order valence-corrected chi connectivity index (χ3v) is 0.484. The Morgan fingerprint density at radius 2 is 2.33 bits per heavy atom. The Morgan fingerprint density at radius 3 is 2.33 bits per heavy atom. The van der Waals surface area contributed by atoms with Crippen LogP contribution < -0.4 is 0 Å². The van der Waals surface area contributed by atoms with Crippen molar-refractivity contribution in [1.29, 1.82) is 0 Å². The Morgan fingerprint density at radius 1 is 1.83 bits per heavy atom. The van der Waals surface area contributed by atoms with E-state index in [4.69, 9.17) is 0 Å². The molecule has 0 amide bonds. The van der Waals surface area contributed by atoms with Crippen molar-refractivity contribution >= 4 is 28.7 Å². The summed E-state index contributed by atoms with van der Waals surface area (Å²) in [5.41, 5.74) is 0. The normalized spacial score (nSPS) is 7.50. The van der Waals surface area contributed by atoms with Gasteiger partial charge in [-0.3, -0.25) is 0 Å². The van der Waals surface area contributed by atoms with E-state index in [9.17, 15) is 9.90 Å². The van der Waals surface area contributed by atoms with Gasteiger partial charge in [0.15, 0.2) is 0 Å². The summed E-state index contributed by atoms with van der Waals surface area (Å²) in [6, 6.07) is 0.